The normalized spacial score (nSPS) is 22.3. The number of benzene rings is 1. The first-order valence-corrected chi connectivity index (χ1v) is 10.6. The molecule has 1 saturated carbocycles. The molecule has 3 aromatic rings. The predicted octanol–water partition coefficient (Wildman–Crippen LogP) is 5.02. The Kier molecular flexibility index (Phi) is 4.70. The van der Waals surface area contributed by atoms with Gasteiger partial charge in [-0.2, -0.15) is 13.2 Å². The highest BCUT2D eigenvalue weighted by atomic mass is 32.2. The second-order valence-corrected chi connectivity index (χ2v) is 8.79. The molecule has 152 valence electrons. The number of fused-ring (bicyclic) bond motifs is 1. The summed E-state index contributed by atoms with van der Waals surface area (Å²) in [6.45, 7) is 1.55. The highest BCUT2D eigenvalue weighted by Crippen LogP contribution is 2.43. The Labute approximate surface area is 171 Å². The minimum Gasteiger partial charge on any atom is -0.380 e. The fourth-order valence-electron chi connectivity index (χ4n) is 4.16. The van der Waals surface area contributed by atoms with Gasteiger partial charge in [0, 0.05) is 41.8 Å². The minimum absolute atomic E-state index is 0.000624. The molecule has 29 heavy (non-hydrogen) atoms. The summed E-state index contributed by atoms with van der Waals surface area (Å²) < 4.78 is 43.1. The van der Waals surface area contributed by atoms with Crippen LogP contribution in [0.25, 0.3) is 11.0 Å². The molecule has 4 nitrogen and oxygen atoms in total. The molecule has 3 heterocycles. The number of halogens is 3. The van der Waals surface area contributed by atoms with Crippen molar-refractivity contribution in [3.63, 3.8) is 0 Å². The van der Waals surface area contributed by atoms with Crippen molar-refractivity contribution >= 4 is 28.7 Å². The van der Waals surface area contributed by atoms with Gasteiger partial charge < -0.3 is 10.6 Å². The van der Waals surface area contributed by atoms with Crippen molar-refractivity contribution in [2.24, 2.45) is 11.8 Å². The summed E-state index contributed by atoms with van der Waals surface area (Å²) in [6.07, 6.45) is 0.630. The molecular weight excluding hydrogens is 397 g/mol. The Bertz CT molecular complexity index is 1010. The first-order chi connectivity index (χ1) is 14.0. The van der Waals surface area contributed by atoms with E-state index in [0.717, 1.165) is 17.6 Å². The second-order valence-electron chi connectivity index (χ2n) is 7.74. The largest absolute Gasteiger partial charge is 0.419 e. The Morgan fingerprint density at radius 2 is 1.90 bits per heavy atom. The van der Waals surface area contributed by atoms with Crippen molar-refractivity contribution < 1.29 is 13.2 Å². The fourth-order valence-corrected chi connectivity index (χ4v) is 5.02. The average Bonchev–Trinajstić information content (AvgIpc) is 3.30. The molecular formula is C21H21F3N4S. The predicted molar refractivity (Wildman–Crippen MR) is 109 cm³/mol. The lowest BCUT2D eigenvalue weighted by Crippen LogP contribution is -2.30. The zero-order chi connectivity index (χ0) is 20.0. The van der Waals surface area contributed by atoms with Crippen LogP contribution in [0.5, 0.6) is 0 Å². The molecule has 2 atom stereocenters. The number of anilines is 1. The van der Waals surface area contributed by atoms with E-state index >= 15 is 0 Å². The average molecular weight is 418 g/mol. The number of hydrogen-bond acceptors (Lipinski definition) is 4. The van der Waals surface area contributed by atoms with Crippen LogP contribution >= 0.6 is 11.9 Å². The van der Waals surface area contributed by atoms with Crippen LogP contribution in [0.3, 0.4) is 0 Å². The van der Waals surface area contributed by atoms with Gasteiger partial charge in [-0.25, -0.2) is 4.98 Å². The van der Waals surface area contributed by atoms with Crippen molar-refractivity contribution in [1.82, 2.24) is 14.3 Å². The lowest BCUT2D eigenvalue weighted by atomic mass is 9.97. The second kappa shape index (κ2) is 7.25. The van der Waals surface area contributed by atoms with Crippen LogP contribution in [-0.2, 0) is 6.18 Å². The third kappa shape index (κ3) is 3.71. The number of aromatic nitrogens is 2. The standard InChI is InChI=1S/C21H21F3N4S/c22-21(23,24)17-11-26-20-15(8-9-28(20)29-14-4-2-1-3-5-14)19(17)27-18-12-25-10-16(18)13-6-7-13/h1-5,8-9,11,13,16,18,25H,6-7,10,12H2,(H,26,27)/t16-,18-/m1/s1. The third-order valence-corrected chi connectivity index (χ3v) is 6.73. The first-order valence-electron chi connectivity index (χ1n) is 9.78. The summed E-state index contributed by atoms with van der Waals surface area (Å²) in [4.78, 5) is 5.17. The molecule has 8 heteroatoms. The van der Waals surface area contributed by atoms with Gasteiger partial charge in [-0.3, -0.25) is 3.97 Å². The van der Waals surface area contributed by atoms with E-state index in [-0.39, 0.29) is 11.7 Å². The zero-order valence-electron chi connectivity index (χ0n) is 15.6. The van der Waals surface area contributed by atoms with Gasteiger partial charge in [-0.05, 0) is 54.8 Å². The molecule has 2 fully saturated rings. The van der Waals surface area contributed by atoms with Gasteiger partial charge in [0.2, 0.25) is 0 Å². The molecule has 0 unspecified atom stereocenters. The van der Waals surface area contributed by atoms with Crippen molar-refractivity contribution in [2.75, 3.05) is 18.4 Å². The van der Waals surface area contributed by atoms with E-state index in [2.05, 4.69) is 15.6 Å². The lowest BCUT2D eigenvalue weighted by molar-refractivity contribution is -0.137. The van der Waals surface area contributed by atoms with Crippen LogP contribution in [0.2, 0.25) is 0 Å². The van der Waals surface area contributed by atoms with Crippen LogP contribution in [0.15, 0.2) is 53.7 Å². The zero-order valence-corrected chi connectivity index (χ0v) is 16.4. The van der Waals surface area contributed by atoms with Gasteiger partial charge in [-0.1, -0.05) is 18.2 Å². The molecule has 0 amide bonds. The van der Waals surface area contributed by atoms with Gasteiger partial charge in [0.05, 0.1) is 11.3 Å². The van der Waals surface area contributed by atoms with Crippen molar-refractivity contribution in [1.29, 1.82) is 0 Å². The SMILES string of the molecule is FC(F)(F)c1cnc2c(ccn2Sc2ccccc2)c1N[C@@H]1CNC[C@@H]1C1CC1. The number of nitrogens with one attached hydrogen (secondary N) is 2. The van der Waals surface area contributed by atoms with E-state index in [1.54, 1.807) is 12.3 Å². The number of pyridine rings is 1. The van der Waals surface area contributed by atoms with Crippen molar-refractivity contribution in [3.05, 3.63) is 54.4 Å². The van der Waals surface area contributed by atoms with E-state index in [9.17, 15) is 13.2 Å². The maximum atomic E-state index is 13.8. The first kappa shape index (κ1) is 18.8. The van der Waals surface area contributed by atoms with Gasteiger partial charge in [0.25, 0.3) is 0 Å². The summed E-state index contributed by atoms with van der Waals surface area (Å²) in [6, 6.07) is 11.4. The summed E-state index contributed by atoms with van der Waals surface area (Å²) in [5.74, 6) is 0.993. The Morgan fingerprint density at radius 1 is 1.10 bits per heavy atom. The Hall–Kier alpha value is -2.19. The quantitative estimate of drug-likeness (QED) is 0.611. The van der Waals surface area contributed by atoms with E-state index in [1.807, 2.05) is 34.3 Å². The van der Waals surface area contributed by atoms with Crippen LogP contribution in [0, 0.1) is 11.8 Å². The molecule has 1 aliphatic heterocycles. The minimum atomic E-state index is -4.46. The molecule has 0 spiro atoms. The number of nitrogens with zero attached hydrogens (tertiary/aromatic N) is 2. The number of rotatable bonds is 5. The summed E-state index contributed by atoms with van der Waals surface area (Å²) in [7, 11) is 0. The topological polar surface area (TPSA) is 41.9 Å². The summed E-state index contributed by atoms with van der Waals surface area (Å²) in [5, 5.41) is 7.11. The van der Waals surface area contributed by atoms with E-state index < -0.39 is 11.7 Å². The maximum absolute atomic E-state index is 13.8. The lowest BCUT2D eigenvalue weighted by Gasteiger charge is -2.24. The van der Waals surface area contributed by atoms with Crippen LogP contribution < -0.4 is 10.6 Å². The highest BCUT2D eigenvalue weighted by Gasteiger charge is 2.41. The van der Waals surface area contributed by atoms with Crippen molar-refractivity contribution in [3.8, 4) is 0 Å². The van der Waals surface area contributed by atoms with Gasteiger partial charge in [-0.15, -0.1) is 0 Å². The molecule has 2 N–H and O–H groups in total. The number of hydrogen-bond donors (Lipinski definition) is 2. The molecule has 1 aromatic carbocycles. The van der Waals surface area contributed by atoms with Crippen LogP contribution in [-0.4, -0.2) is 28.1 Å². The molecule has 5 rings (SSSR count). The van der Waals surface area contributed by atoms with Crippen molar-refractivity contribution in [2.45, 2.75) is 30.0 Å². The monoisotopic (exact) mass is 418 g/mol. The molecule has 0 radical (unpaired) electrons. The molecule has 1 aliphatic carbocycles. The molecule has 2 aromatic heterocycles. The summed E-state index contributed by atoms with van der Waals surface area (Å²) in [5.41, 5.74) is -0.0218. The summed E-state index contributed by atoms with van der Waals surface area (Å²) >= 11 is 1.44. The van der Waals surface area contributed by atoms with Gasteiger partial charge >= 0.3 is 6.18 Å². The fraction of sp³-hybridized carbons (Fsp3) is 0.381. The van der Waals surface area contributed by atoms with E-state index in [0.29, 0.717) is 29.4 Å². The van der Waals surface area contributed by atoms with E-state index in [4.69, 9.17) is 0 Å². The van der Waals surface area contributed by atoms with Gasteiger partial charge in [0.1, 0.15) is 0 Å². The molecule has 2 aliphatic rings. The van der Waals surface area contributed by atoms with Crippen LogP contribution in [0.4, 0.5) is 18.9 Å². The number of alkyl halides is 3. The van der Waals surface area contributed by atoms with Gasteiger partial charge in [0.15, 0.2) is 5.65 Å². The molecule has 1 saturated heterocycles. The highest BCUT2D eigenvalue weighted by molar-refractivity contribution is 7.98. The van der Waals surface area contributed by atoms with E-state index in [1.165, 1.54) is 24.8 Å². The molecule has 0 bridgehead atoms. The smallest absolute Gasteiger partial charge is 0.380 e. The van der Waals surface area contributed by atoms with Crippen LogP contribution in [0.1, 0.15) is 18.4 Å². The third-order valence-electron chi connectivity index (χ3n) is 5.75. The Balaban J connectivity index is 1.54. The maximum Gasteiger partial charge on any atom is 0.419 e. The Morgan fingerprint density at radius 3 is 2.62 bits per heavy atom.